The van der Waals surface area contributed by atoms with E-state index < -0.39 is 22.7 Å². The van der Waals surface area contributed by atoms with E-state index in [2.05, 4.69) is 0 Å². The number of alkyl halides is 2. The van der Waals surface area contributed by atoms with Crippen LogP contribution in [-0.4, -0.2) is 34.9 Å². The van der Waals surface area contributed by atoms with E-state index in [1.165, 1.54) is 0 Å². The molecule has 0 bridgehead atoms. The van der Waals surface area contributed by atoms with Gasteiger partial charge < -0.3 is 9.47 Å². The summed E-state index contributed by atoms with van der Waals surface area (Å²) in [4.78, 5) is 22.7. The Labute approximate surface area is 105 Å². The lowest BCUT2D eigenvalue weighted by molar-refractivity contribution is -0.153. The molecule has 0 aromatic rings. The quantitative estimate of drug-likeness (QED) is 0.567. The fourth-order valence-corrected chi connectivity index (χ4v) is 1.14. The summed E-state index contributed by atoms with van der Waals surface area (Å²) in [6.45, 7) is 6.71. The molecule has 0 aliphatic rings. The number of ether oxygens (including phenoxy) is 2. The van der Waals surface area contributed by atoms with Crippen molar-refractivity contribution in [3.63, 3.8) is 0 Å². The van der Waals surface area contributed by atoms with Gasteiger partial charge in [-0.25, -0.2) is 0 Å². The van der Waals surface area contributed by atoms with Crippen LogP contribution in [0.4, 0.5) is 0 Å². The van der Waals surface area contributed by atoms with Crippen molar-refractivity contribution in [3.8, 4) is 0 Å². The lowest BCUT2D eigenvalue weighted by atomic mass is 10.3. The Morgan fingerprint density at radius 3 is 1.25 bits per heavy atom. The highest BCUT2D eigenvalue weighted by molar-refractivity contribution is 6.42. The second-order valence-corrected chi connectivity index (χ2v) is 4.72. The molecule has 0 N–H and O–H groups in total. The lowest BCUT2D eigenvalue weighted by Gasteiger charge is -2.17. The van der Waals surface area contributed by atoms with Crippen molar-refractivity contribution < 1.29 is 19.1 Å². The minimum atomic E-state index is -1.24. The van der Waals surface area contributed by atoms with Crippen molar-refractivity contribution >= 4 is 35.1 Å². The van der Waals surface area contributed by atoms with Gasteiger partial charge in [-0.2, -0.15) is 0 Å². The highest BCUT2D eigenvalue weighted by atomic mass is 35.5. The average molecular weight is 271 g/mol. The van der Waals surface area contributed by atoms with Crippen molar-refractivity contribution in [3.05, 3.63) is 0 Å². The zero-order chi connectivity index (χ0) is 12.9. The van der Waals surface area contributed by atoms with E-state index in [4.69, 9.17) is 32.7 Å². The molecule has 0 spiro atoms. The molecular weight excluding hydrogens is 255 g/mol. The standard InChI is InChI=1S/C10H16Cl2O4/c1-5(2)15-9(13)7(11)8(12)10(14)16-6(3)4/h5-8H,1-4H3/t7-,8+. The van der Waals surface area contributed by atoms with Gasteiger partial charge in [0, 0.05) is 0 Å². The minimum Gasteiger partial charge on any atom is -0.462 e. The molecule has 0 aromatic heterocycles. The van der Waals surface area contributed by atoms with E-state index >= 15 is 0 Å². The van der Waals surface area contributed by atoms with Gasteiger partial charge in [-0.1, -0.05) is 0 Å². The second-order valence-electron chi connectivity index (χ2n) is 3.77. The molecule has 4 nitrogen and oxygen atoms in total. The average Bonchev–Trinajstić information content (AvgIpc) is 2.13. The van der Waals surface area contributed by atoms with Gasteiger partial charge in [0.25, 0.3) is 0 Å². The number of esters is 2. The van der Waals surface area contributed by atoms with E-state index in [9.17, 15) is 9.59 Å². The summed E-state index contributed by atoms with van der Waals surface area (Å²) in [7, 11) is 0. The molecule has 94 valence electrons. The topological polar surface area (TPSA) is 52.6 Å². The van der Waals surface area contributed by atoms with Crippen LogP contribution >= 0.6 is 23.2 Å². The SMILES string of the molecule is CC(C)OC(=O)[C@@H](Cl)[C@@H](Cl)C(=O)OC(C)C. The first-order chi connectivity index (χ1) is 7.25. The highest BCUT2D eigenvalue weighted by Gasteiger charge is 2.33. The van der Waals surface area contributed by atoms with Crippen molar-refractivity contribution in [1.82, 2.24) is 0 Å². The summed E-state index contributed by atoms with van der Waals surface area (Å²) in [6.07, 6.45) is -0.613. The molecule has 0 saturated heterocycles. The maximum atomic E-state index is 11.3. The Kier molecular flexibility index (Phi) is 6.76. The van der Waals surface area contributed by atoms with Crippen LogP contribution < -0.4 is 0 Å². The van der Waals surface area contributed by atoms with E-state index in [1.807, 2.05) is 0 Å². The molecule has 0 amide bonds. The van der Waals surface area contributed by atoms with Crippen LogP contribution in [0.2, 0.25) is 0 Å². The molecular formula is C10H16Cl2O4. The molecule has 0 rings (SSSR count). The molecule has 16 heavy (non-hydrogen) atoms. The van der Waals surface area contributed by atoms with Crippen LogP contribution in [0.1, 0.15) is 27.7 Å². The zero-order valence-corrected chi connectivity index (χ0v) is 11.2. The molecule has 0 saturated carbocycles. The van der Waals surface area contributed by atoms with Crippen molar-refractivity contribution in [1.29, 1.82) is 0 Å². The maximum Gasteiger partial charge on any atom is 0.326 e. The van der Waals surface area contributed by atoms with Crippen LogP contribution in [0, 0.1) is 0 Å². The Morgan fingerprint density at radius 2 is 1.06 bits per heavy atom. The number of hydrogen-bond donors (Lipinski definition) is 0. The zero-order valence-electron chi connectivity index (χ0n) is 9.70. The van der Waals surface area contributed by atoms with Gasteiger partial charge in [-0.3, -0.25) is 9.59 Å². The summed E-state index contributed by atoms with van der Waals surface area (Å²) in [5.74, 6) is -1.45. The van der Waals surface area contributed by atoms with Gasteiger partial charge in [0.2, 0.25) is 0 Å². The van der Waals surface area contributed by atoms with Crippen LogP contribution in [-0.2, 0) is 19.1 Å². The molecule has 0 aromatic carbocycles. The molecule has 0 fully saturated rings. The molecule has 0 aliphatic carbocycles. The fraction of sp³-hybridized carbons (Fsp3) is 0.800. The molecule has 6 heteroatoms. The predicted molar refractivity (Wildman–Crippen MR) is 61.7 cm³/mol. The number of hydrogen-bond acceptors (Lipinski definition) is 4. The Bertz CT molecular complexity index is 227. The summed E-state index contributed by atoms with van der Waals surface area (Å²) in [6, 6.07) is 0. The Morgan fingerprint density at radius 1 is 0.812 bits per heavy atom. The Hall–Kier alpha value is -0.480. The van der Waals surface area contributed by atoms with Gasteiger partial charge >= 0.3 is 11.9 Å². The molecule has 0 heterocycles. The summed E-state index contributed by atoms with van der Waals surface area (Å²) >= 11 is 11.4. The fourth-order valence-electron chi connectivity index (χ4n) is 0.834. The molecule has 0 radical (unpaired) electrons. The maximum absolute atomic E-state index is 11.3. The van der Waals surface area contributed by atoms with Gasteiger partial charge in [0.1, 0.15) is 0 Å². The number of carbonyl (C=O) groups excluding carboxylic acids is 2. The van der Waals surface area contributed by atoms with E-state index in [1.54, 1.807) is 27.7 Å². The largest absolute Gasteiger partial charge is 0.462 e. The third-order valence-corrected chi connectivity index (χ3v) is 2.40. The van der Waals surface area contributed by atoms with Gasteiger partial charge in [-0.15, -0.1) is 23.2 Å². The molecule has 0 aliphatic heterocycles. The van der Waals surface area contributed by atoms with Crippen molar-refractivity contribution in [2.75, 3.05) is 0 Å². The predicted octanol–water partition coefficient (Wildman–Crippen LogP) is 2.10. The Balaban J connectivity index is 4.31. The first-order valence-corrected chi connectivity index (χ1v) is 5.82. The summed E-state index contributed by atoms with van der Waals surface area (Å²) < 4.78 is 9.65. The van der Waals surface area contributed by atoms with Crippen LogP contribution in [0.5, 0.6) is 0 Å². The molecule has 0 unspecified atom stereocenters. The van der Waals surface area contributed by atoms with Gasteiger partial charge in [-0.05, 0) is 27.7 Å². The first kappa shape index (κ1) is 15.5. The number of rotatable bonds is 5. The lowest BCUT2D eigenvalue weighted by Crippen LogP contribution is -2.36. The first-order valence-electron chi connectivity index (χ1n) is 4.94. The summed E-state index contributed by atoms with van der Waals surface area (Å²) in [5, 5.41) is -2.48. The van der Waals surface area contributed by atoms with E-state index in [0.29, 0.717) is 0 Å². The van der Waals surface area contributed by atoms with E-state index in [-0.39, 0.29) is 12.2 Å². The van der Waals surface area contributed by atoms with Crippen molar-refractivity contribution in [2.24, 2.45) is 0 Å². The summed E-state index contributed by atoms with van der Waals surface area (Å²) in [5.41, 5.74) is 0. The van der Waals surface area contributed by atoms with Crippen LogP contribution in [0.15, 0.2) is 0 Å². The second kappa shape index (κ2) is 6.97. The number of halogens is 2. The van der Waals surface area contributed by atoms with Gasteiger partial charge in [0.05, 0.1) is 12.2 Å². The third kappa shape index (κ3) is 5.56. The normalized spacial score (nSPS) is 14.8. The number of carbonyl (C=O) groups is 2. The van der Waals surface area contributed by atoms with Crippen molar-refractivity contribution in [2.45, 2.75) is 50.7 Å². The van der Waals surface area contributed by atoms with Gasteiger partial charge in [0.15, 0.2) is 10.8 Å². The van der Waals surface area contributed by atoms with E-state index in [0.717, 1.165) is 0 Å². The third-order valence-electron chi connectivity index (χ3n) is 1.41. The molecule has 2 atom stereocenters. The monoisotopic (exact) mass is 270 g/mol. The van der Waals surface area contributed by atoms with Crippen LogP contribution in [0.3, 0.4) is 0 Å². The smallest absolute Gasteiger partial charge is 0.326 e. The minimum absolute atomic E-state index is 0.307. The van der Waals surface area contributed by atoms with Crippen LogP contribution in [0.25, 0.3) is 0 Å². The highest BCUT2D eigenvalue weighted by Crippen LogP contribution is 2.15.